The van der Waals surface area contributed by atoms with Crippen LogP contribution in [0.1, 0.15) is 22.9 Å². The van der Waals surface area contributed by atoms with Crippen molar-refractivity contribution in [1.29, 1.82) is 0 Å². The molecular weight excluding hydrogens is 489 g/mol. The van der Waals surface area contributed by atoms with Crippen LogP contribution in [0.4, 0.5) is 4.79 Å². The fourth-order valence-corrected chi connectivity index (χ4v) is 4.73. The molecule has 1 aromatic heterocycles. The molecule has 2 amide bonds. The van der Waals surface area contributed by atoms with Crippen molar-refractivity contribution in [2.45, 2.75) is 12.5 Å². The van der Waals surface area contributed by atoms with Gasteiger partial charge in [-0.05, 0) is 60.0 Å². The van der Waals surface area contributed by atoms with Crippen LogP contribution in [0.2, 0.25) is 10.0 Å². The van der Waals surface area contributed by atoms with Crippen molar-refractivity contribution in [3.8, 4) is 11.5 Å². The SMILES string of the molecule is NC(=O)COc1ccc(C2c3[nH]c4ccc(Cl)cc4c3CCN2C(=O)Oc2ccccc2Cl)cc1. The lowest BCUT2D eigenvalue weighted by molar-refractivity contribution is -0.119. The fraction of sp³-hybridized carbons (Fsp3) is 0.154. The van der Waals surface area contributed by atoms with Crippen molar-refractivity contribution < 1.29 is 19.1 Å². The van der Waals surface area contributed by atoms with Crippen LogP contribution in [0.5, 0.6) is 11.5 Å². The van der Waals surface area contributed by atoms with Crippen LogP contribution in [0.15, 0.2) is 66.7 Å². The predicted octanol–water partition coefficient (Wildman–Crippen LogP) is 5.49. The summed E-state index contributed by atoms with van der Waals surface area (Å²) in [6, 6.07) is 19.3. The van der Waals surface area contributed by atoms with Crippen LogP contribution < -0.4 is 15.2 Å². The van der Waals surface area contributed by atoms with Crippen molar-refractivity contribution in [3.05, 3.63) is 93.6 Å². The minimum absolute atomic E-state index is 0.216. The number of nitrogens with two attached hydrogens (primary N) is 1. The largest absolute Gasteiger partial charge is 0.484 e. The predicted molar refractivity (Wildman–Crippen MR) is 134 cm³/mol. The first-order chi connectivity index (χ1) is 16.9. The molecule has 0 bridgehead atoms. The van der Waals surface area contributed by atoms with Crippen LogP contribution in [-0.4, -0.2) is 35.0 Å². The van der Waals surface area contributed by atoms with Gasteiger partial charge in [-0.25, -0.2) is 4.79 Å². The summed E-state index contributed by atoms with van der Waals surface area (Å²) in [6.07, 6.45) is 0.114. The zero-order valence-corrected chi connectivity index (χ0v) is 20.0. The van der Waals surface area contributed by atoms with Gasteiger partial charge >= 0.3 is 6.09 Å². The molecule has 2 heterocycles. The third-order valence-corrected chi connectivity index (χ3v) is 6.48. The first kappa shape index (κ1) is 23.1. The summed E-state index contributed by atoms with van der Waals surface area (Å²) in [6.45, 7) is 0.215. The van der Waals surface area contributed by atoms with Gasteiger partial charge in [0.25, 0.3) is 5.91 Å². The lowest BCUT2D eigenvalue weighted by Gasteiger charge is -2.35. The number of nitrogens with zero attached hydrogens (tertiary/aromatic N) is 1. The molecule has 0 saturated heterocycles. The summed E-state index contributed by atoms with van der Waals surface area (Å²) in [5.41, 5.74) is 8.93. The van der Waals surface area contributed by atoms with Gasteiger partial charge in [0.15, 0.2) is 12.4 Å². The standard InChI is InChI=1S/C26H21Cl2N3O4/c27-16-7-10-21-19(13-16)18-11-12-31(26(33)35-22-4-2-1-3-20(22)28)25(24(18)30-21)15-5-8-17(9-6-15)34-14-23(29)32/h1-10,13,25,30H,11-12,14H2,(H2,29,32). The number of hydrogen-bond donors (Lipinski definition) is 2. The van der Waals surface area contributed by atoms with E-state index in [2.05, 4.69) is 4.98 Å². The Kier molecular flexibility index (Phi) is 6.28. The number of ether oxygens (including phenoxy) is 2. The average molecular weight is 510 g/mol. The normalized spacial score (nSPS) is 15.0. The van der Waals surface area contributed by atoms with Crippen molar-refractivity contribution >= 4 is 46.1 Å². The molecule has 7 nitrogen and oxygen atoms in total. The Labute approximate surface area is 211 Å². The van der Waals surface area contributed by atoms with Crippen molar-refractivity contribution in [2.24, 2.45) is 5.73 Å². The number of rotatable bonds is 5. The number of nitrogens with one attached hydrogen (secondary N) is 1. The number of aromatic nitrogens is 1. The number of halogens is 2. The minimum Gasteiger partial charge on any atom is -0.484 e. The monoisotopic (exact) mass is 509 g/mol. The summed E-state index contributed by atoms with van der Waals surface area (Å²) in [7, 11) is 0. The lowest BCUT2D eigenvalue weighted by Crippen LogP contribution is -2.42. The van der Waals surface area contributed by atoms with Gasteiger partial charge in [0.2, 0.25) is 0 Å². The molecule has 0 spiro atoms. The molecule has 1 unspecified atom stereocenters. The molecule has 1 aliphatic heterocycles. The second-order valence-electron chi connectivity index (χ2n) is 8.18. The van der Waals surface area contributed by atoms with E-state index in [0.29, 0.717) is 34.5 Å². The minimum atomic E-state index is -0.559. The Morgan fingerprint density at radius 1 is 1.06 bits per heavy atom. The van der Waals surface area contributed by atoms with Gasteiger partial charge in [-0.3, -0.25) is 9.69 Å². The second-order valence-corrected chi connectivity index (χ2v) is 9.02. The number of amides is 2. The Morgan fingerprint density at radius 2 is 1.83 bits per heavy atom. The summed E-state index contributed by atoms with van der Waals surface area (Å²) < 4.78 is 11.1. The van der Waals surface area contributed by atoms with Crippen LogP contribution in [0, 0.1) is 0 Å². The molecule has 1 aliphatic rings. The van der Waals surface area contributed by atoms with E-state index < -0.39 is 18.0 Å². The first-order valence-electron chi connectivity index (χ1n) is 10.9. The Bertz CT molecular complexity index is 1420. The van der Waals surface area contributed by atoms with E-state index in [1.54, 1.807) is 41.3 Å². The highest BCUT2D eigenvalue weighted by Crippen LogP contribution is 2.40. The van der Waals surface area contributed by atoms with Gasteiger partial charge in [-0.1, -0.05) is 47.5 Å². The molecule has 0 radical (unpaired) electrons. The molecule has 0 saturated carbocycles. The molecule has 0 fully saturated rings. The van der Waals surface area contributed by atoms with Crippen molar-refractivity contribution in [2.75, 3.05) is 13.2 Å². The quantitative estimate of drug-likeness (QED) is 0.371. The van der Waals surface area contributed by atoms with Crippen LogP contribution in [-0.2, 0) is 11.2 Å². The highest BCUT2D eigenvalue weighted by molar-refractivity contribution is 6.32. The second kappa shape index (κ2) is 9.52. The number of carbonyl (C=O) groups is 2. The van der Waals surface area contributed by atoms with Gasteiger partial charge < -0.3 is 20.2 Å². The summed E-state index contributed by atoms with van der Waals surface area (Å²) >= 11 is 12.5. The van der Waals surface area contributed by atoms with Gasteiger partial charge in [0.05, 0.1) is 5.02 Å². The summed E-state index contributed by atoms with van der Waals surface area (Å²) in [5, 5.41) is 2.02. The number of para-hydroxylation sites is 1. The van der Waals surface area contributed by atoms with Gasteiger partial charge in [-0.2, -0.15) is 0 Å². The van der Waals surface area contributed by atoms with E-state index in [1.165, 1.54) is 0 Å². The number of carbonyl (C=O) groups excluding carboxylic acids is 2. The van der Waals surface area contributed by atoms with Crippen LogP contribution in [0.25, 0.3) is 10.9 Å². The molecule has 3 aromatic carbocycles. The highest BCUT2D eigenvalue weighted by Gasteiger charge is 2.36. The molecular formula is C26H21Cl2N3O4. The highest BCUT2D eigenvalue weighted by atomic mass is 35.5. The maximum atomic E-state index is 13.4. The number of aromatic amines is 1. The van der Waals surface area contributed by atoms with Crippen molar-refractivity contribution in [1.82, 2.24) is 9.88 Å². The lowest BCUT2D eigenvalue weighted by atomic mass is 9.92. The molecule has 178 valence electrons. The van der Waals surface area contributed by atoms with E-state index in [4.69, 9.17) is 38.4 Å². The number of benzene rings is 3. The van der Waals surface area contributed by atoms with E-state index in [1.807, 2.05) is 30.3 Å². The zero-order valence-electron chi connectivity index (χ0n) is 18.5. The molecule has 1 atom stereocenters. The molecule has 9 heteroatoms. The van der Waals surface area contributed by atoms with Crippen molar-refractivity contribution in [3.63, 3.8) is 0 Å². The zero-order chi connectivity index (χ0) is 24.5. The maximum absolute atomic E-state index is 13.4. The number of hydrogen-bond acceptors (Lipinski definition) is 4. The first-order valence-corrected chi connectivity index (χ1v) is 11.7. The number of fused-ring (bicyclic) bond motifs is 3. The van der Waals surface area contributed by atoms with E-state index >= 15 is 0 Å². The topological polar surface area (TPSA) is 97.7 Å². The molecule has 4 aromatic rings. The Balaban J connectivity index is 1.54. The van der Waals surface area contributed by atoms with Crippen LogP contribution >= 0.6 is 23.2 Å². The number of H-pyrrole nitrogens is 1. The van der Waals surface area contributed by atoms with Gasteiger partial charge in [0.1, 0.15) is 11.8 Å². The molecule has 5 rings (SSSR count). The smallest absolute Gasteiger partial charge is 0.416 e. The average Bonchev–Trinajstić information content (AvgIpc) is 3.21. The van der Waals surface area contributed by atoms with E-state index in [9.17, 15) is 9.59 Å². The Morgan fingerprint density at radius 3 is 2.57 bits per heavy atom. The fourth-order valence-electron chi connectivity index (χ4n) is 4.38. The molecule has 0 aliphatic carbocycles. The van der Waals surface area contributed by atoms with Gasteiger partial charge in [0, 0.05) is 28.2 Å². The van der Waals surface area contributed by atoms with Gasteiger partial charge in [-0.15, -0.1) is 0 Å². The third-order valence-electron chi connectivity index (χ3n) is 5.93. The Hall–Kier alpha value is -3.68. The third kappa shape index (κ3) is 4.65. The van der Waals surface area contributed by atoms with Crippen LogP contribution in [0.3, 0.4) is 0 Å². The molecule has 35 heavy (non-hydrogen) atoms. The maximum Gasteiger partial charge on any atom is 0.416 e. The summed E-state index contributed by atoms with van der Waals surface area (Å²) in [4.78, 5) is 29.6. The molecule has 3 N–H and O–H groups in total. The number of primary amides is 1. The summed E-state index contributed by atoms with van der Waals surface area (Å²) in [5.74, 6) is 0.232. The van der Waals surface area contributed by atoms with E-state index in [0.717, 1.165) is 27.7 Å². The van der Waals surface area contributed by atoms with E-state index in [-0.39, 0.29) is 6.61 Å².